The minimum absolute atomic E-state index is 0.0625. The molecule has 1 heterocycles. The van der Waals surface area contributed by atoms with E-state index in [1.54, 1.807) is 48.5 Å². The molecule has 1 aromatic heterocycles. The van der Waals surface area contributed by atoms with Crippen LogP contribution in [0.5, 0.6) is 5.75 Å². The van der Waals surface area contributed by atoms with Gasteiger partial charge in [0.15, 0.2) is 0 Å². The molecule has 4 aromatic rings. The van der Waals surface area contributed by atoms with Crippen molar-refractivity contribution in [3.05, 3.63) is 89.6 Å². The van der Waals surface area contributed by atoms with Crippen LogP contribution in [0.2, 0.25) is 0 Å². The lowest BCUT2D eigenvalue weighted by atomic mass is 9.75. The summed E-state index contributed by atoms with van der Waals surface area (Å²) >= 11 is 0. The molecule has 2 aliphatic carbocycles. The summed E-state index contributed by atoms with van der Waals surface area (Å²) in [6.07, 6.45) is 9.70. The van der Waals surface area contributed by atoms with Crippen LogP contribution in [0.15, 0.2) is 72.8 Å². The van der Waals surface area contributed by atoms with E-state index in [4.69, 9.17) is 10.2 Å². The Hall–Kier alpha value is -5.06. The molecule has 3 aromatic carbocycles. The van der Waals surface area contributed by atoms with Gasteiger partial charge in [0.2, 0.25) is 5.91 Å². The Morgan fingerprint density at radius 3 is 2.30 bits per heavy atom. The van der Waals surface area contributed by atoms with Gasteiger partial charge < -0.3 is 20.5 Å². The summed E-state index contributed by atoms with van der Waals surface area (Å²) in [4.78, 5) is 37.7. The summed E-state index contributed by atoms with van der Waals surface area (Å²) in [5.74, 6) is -1.42. The number of hydrogen-bond acceptors (Lipinski definition) is 5. The lowest BCUT2D eigenvalue weighted by Gasteiger charge is -2.40. The van der Waals surface area contributed by atoms with Crippen LogP contribution in [-0.4, -0.2) is 44.8 Å². The van der Waals surface area contributed by atoms with Gasteiger partial charge in [0.25, 0.3) is 5.91 Å². The maximum absolute atomic E-state index is 13.6. The zero-order chi connectivity index (χ0) is 32.3. The summed E-state index contributed by atoms with van der Waals surface area (Å²) < 4.78 is 31.8. The number of anilines is 1. The average Bonchev–Trinajstić information content (AvgIpc) is 3.41. The number of rotatable bonds is 10. The van der Waals surface area contributed by atoms with Gasteiger partial charge in [-0.25, -0.2) is 9.48 Å². The van der Waals surface area contributed by atoms with Crippen LogP contribution in [0.1, 0.15) is 78.9 Å². The quantitative estimate of drug-likeness (QED) is 0.162. The standard InChI is InChI=1S/C35H34F2N4O5/c36-34(37)46-27-15-13-26(14-16-27)41-31(23-5-2-1-3-6-23)28-17-10-24(21-29(28)40-41)32(44)39-35(19-4-20-35)33(45)38-25-11-7-22(8-12-25)9-18-30(42)43/h7-18,21,23,34H,1-6,19-20H2,(H,38,45)(H,39,44)(H,42,43)/b18-9+. The van der Waals surface area contributed by atoms with E-state index in [0.717, 1.165) is 49.3 Å². The Bertz CT molecular complexity index is 1770. The molecular formula is C35H34F2N4O5. The predicted octanol–water partition coefficient (Wildman–Crippen LogP) is 7.06. The van der Waals surface area contributed by atoms with Crippen LogP contribution in [-0.2, 0) is 9.59 Å². The number of fused-ring (bicyclic) bond motifs is 1. The Labute approximate surface area is 264 Å². The molecule has 6 rings (SSSR count). The number of amides is 2. The number of hydrogen-bond donors (Lipinski definition) is 3. The number of halogens is 2. The minimum Gasteiger partial charge on any atom is -0.478 e. The molecule has 3 N–H and O–H groups in total. The van der Waals surface area contributed by atoms with Crippen molar-refractivity contribution in [2.24, 2.45) is 0 Å². The third-order valence-corrected chi connectivity index (χ3v) is 8.85. The first-order valence-electron chi connectivity index (χ1n) is 15.4. The normalized spacial score (nSPS) is 16.3. The summed E-state index contributed by atoms with van der Waals surface area (Å²) in [6, 6.07) is 18.5. The van der Waals surface area contributed by atoms with Gasteiger partial charge in [0, 0.05) is 28.6 Å². The molecule has 0 spiro atoms. The molecule has 2 saturated carbocycles. The highest BCUT2D eigenvalue weighted by molar-refractivity contribution is 6.05. The van der Waals surface area contributed by atoms with E-state index in [0.29, 0.717) is 40.9 Å². The summed E-state index contributed by atoms with van der Waals surface area (Å²) in [6.45, 7) is -2.91. The molecule has 0 saturated heterocycles. The van der Waals surface area contributed by atoms with E-state index < -0.39 is 18.1 Å². The molecule has 0 atom stereocenters. The van der Waals surface area contributed by atoms with Gasteiger partial charge in [-0.05, 0) is 92.3 Å². The van der Waals surface area contributed by atoms with Crippen LogP contribution >= 0.6 is 0 Å². The number of carboxylic acids is 1. The van der Waals surface area contributed by atoms with Crippen LogP contribution in [0, 0.1) is 0 Å². The zero-order valence-corrected chi connectivity index (χ0v) is 25.0. The van der Waals surface area contributed by atoms with Gasteiger partial charge in [0.05, 0.1) is 16.9 Å². The van der Waals surface area contributed by atoms with Crippen molar-refractivity contribution in [1.82, 2.24) is 15.1 Å². The summed E-state index contributed by atoms with van der Waals surface area (Å²) in [5.41, 5.74) is 2.90. The largest absolute Gasteiger partial charge is 0.478 e. The number of benzene rings is 3. The number of carbonyl (C=O) groups excluding carboxylic acids is 2. The molecular weight excluding hydrogens is 594 g/mol. The van der Waals surface area contributed by atoms with E-state index >= 15 is 0 Å². The van der Waals surface area contributed by atoms with Gasteiger partial charge in [0.1, 0.15) is 11.3 Å². The first kappa shape index (κ1) is 30.9. The SMILES string of the molecule is O=C(O)/C=C/c1ccc(NC(=O)C2(NC(=O)c3ccc4c(C5CCCCC5)n(-c5ccc(OC(F)F)cc5)nc4c3)CCC2)cc1. The Kier molecular flexibility index (Phi) is 8.83. The number of alkyl halides is 2. The van der Waals surface area contributed by atoms with Gasteiger partial charge in [-0.1, -0.05) is 37.5 Å². The predicted molar refractivity (Wildman–Crippen MR) is 169 cm³/mol. The van der Waals surface area contributed by atoms with Gasteiger partial charge in [-0.15, -0.1) is 0 Å². The van der Waals surface area contributed by atoms with E-state index in [1.807, 2.05) is 10.7 Å². The fourth-order valence-electron chi connectivity index (χ4n) is 6.31. The molecule has 2 aliphatic rings. The smallest absolute Gasteiger partial charge is 0.387 e. The Morgan fingerprint density at radius 1 is 0.957 bits per heavy atom. The first-order valence-corrected chi connectivity index (χ1v) is 15.4. The number of carbonyl (C=O) groups is 3. The molecule has 2 fully saturated rings. The molecule has 0 unspecified atom stereocenters. The molecule has 238 valence electrons. The zero-order valence-electron chi connectivity index (χ0n) is 25.0. The third kappa shape index (κ3) is 6.63. The van der Waals surface area contributed by atoms with Crippen molar-refractivity contribution in [2.75, 3.05) is 5.32 Å². The number of nitrogens with one attached hydrogen (secondary N) is 2. The van der Waals surface area contributed by atoms with Gasteiger partial charge >= 0.3 is 12.6 Å². The molecule has 0 aliphatic heterocycles. The molecule has 46 heavy (non-hydrogen) atoms. The average molecular weight is 629 g/mol. The Balaban J connectivity index is 1.23. The number of aliphatic carboxylic acids is 1. The maximum Gasteiger partial charge on any atom is 0.387 e. The number of ether oxygens (including phenoxy) is 1. The second kappa shape index (κ2) is 13.1. The maximum atomic E-state index is 13.6. The van der Waals surface area contributed by atoms with Crippen molar-refractivity contribution < 1.29 is 33.0 Å². The van der Waals surface area contributed by atoms with Gasteiger partial charge in [-0.3, -0.25) is 9.59 Å². The molecule has 2 amide bonds. The highest BCUT2D eigenvalue weighted by atomic mass is 19.3. The summed E-state index contributed by atoms with van der Waals surface area (Å²) in [7, 11) is 0. The third-order valence-electron chi connectivity index (χ3n) is 8.85. The molecule has 0 radical (unpaired) electrons. The van der Waals surface area contributed by atoms with Crippen molar-refractivity contribution in [1.29, 1.82) is 0 Å². The van der Waals surface area contributed by atoms with Crippen LogP contribution in [0.4, 0.5) is 14.5 Å². The van der Waals surface area contributed by atoms with Crippen molar-refractivity contribution in [2.45, 2.75) is 69.4 Å². The fourth-order valence-corrected chi connectivity index (χ4v) is 6.31. The van der Waals surface area contributed by atoms with Gasteiger partial charge in [-0.2, -0.15) is 13.9 Å². The van der Waals surface area contributed by atoms with Crippen LogP contribution in [0.3, 0.4) is 0 Å². The number of carboxylic acid groups (broad SMARTS) is 1. The van der Waals surface area contributed by atoms with Crippen LogP contribution in [0.25, 0.3) is 22.7 Å². The molecule has 11 heteroatoms. The lowest BCUT2D eigenvalue weighted by Crippen LogP contribution is -2.61. The van der Waals surface area contributed by atoms with E-state index in [1.165, 1.54) is 24.6 Å². The van der Waals surface area contributed by atoms with Crippen molar-refractivity contribution in [3.8, 4) is 11.4 Å². The fraction of sp³-hybridized carbons (Fsp3) is 0.314. The van der Waals surface area contributed by atoms with Crippen molar-refractivity contribution >= 4 is 40.4 Å². The molecule has 0 bridgehead atoms. The highest BCUT2D eigenvalue weighted by Crippen LogP contribution is 2.39. The first-order chi connectivity index (χ1) is 22.2. The number of aromatic nitrogens is 2. The second-order valence-electron chi connectivity index (χ2n) is 11.9. The summed E-state index contributed by atoms with van der Waals surface area (Å²) in [5, 5.41) is 20.5. The van der Waals surface area contributed by atoms with E-state index in [9.17, 15) is 23.2 Å². The van der Waals surface area contributed by atoms with Crippen molar-refractivity contribution in [3.63, 3.8) is 0 Å². The Morgan fingerprint density at radius 2 is 1.67 bits per heavy atom. The number of nitrogens with zero attached hydrogens (tertiary/aromatic N) is 2. The highest BCUT2D eigenvalue weighted by Gasteiger charge is 2.45. The molecule has 9 nitrogen and oxygen atoms in total. The van der Waals surface area contributed by atoms with E-state index in [-0.39, 0.29) is 23.5 Å². The topological polar surface area (TPSA) is 123 Å². The minimum atomic E-state index is -2.91. The van der Waals surface area contributed by atoms with E-state index in [2.05, 4.69) is 15.4 Å². The lowest BCUT2D eigenvalue weighted by molar-refractivity contribution is -0.131. The second-order valence-corrected chi connectivity index (χ2v) is 11.9. The monoisotopic (exact) mass is 628 g/mol. The van der Waals surface area contributed by atoms with Crippen LogP contribution < -0.4 is 15.4 Å².